The van der Waals surface area contributed by atoms with Crippen molar-refractivity contribution in [2.75, 3.05) is 20.3 Å². The van der Waals surface area contributed by atoms with Gasteiger partial charge in [-0.2, -0.15) is 31.4 Å². The Kier molecular flexibility index (Phi) is 7.69. The van der Waals surface area contributed by atoms with E-state index in [4.69, 9.17) is 4.74 Å². The lowest BCUT2D eigenvalue weighted by atomic mass is 10.1. The van der Waals surface area contributed by atoms with E-state index in [0.29, 0.717) is 10.6 Å². The molecule has 0 unspecified atom stereocenters. The van der Waals surface area contributed by atoms with Crippen LogP contribution in [0.25, 0.3) is 16.9 Å². The molecule has 2 heterocycles. The number of ether oxygens (including phenoxy) is 1. The Hall–Kier alpha value is -3.93. The van der Waals surface area contributed by atoms with Crippen LogP contribution in [0.2, 0.25) is 0 Å². The van der Waals surface area contributed by atoms with Crippen LogP contribution in [0.3, 0.4) is 0 Å². The highest BCUT2D eigenvalue weighted by Crippen LogP contribution is 2.34. The summed E-state index contributed by atoms with van der Waals surface area (Å²) in [7, 11) is -2.43. The van der Waals surface area contributed by atoms with E-state index >= 15 is 0 Å². The summed E-state index contributed by atoms with van der Waals surface area (Å²) in [6.07, 6.45) is -8.41. The van der Waals surface area contributed by atoms with Gasteiger partial charge in [-0.3, -0.25) is 0 Å². The molecule has 0 atom stereocenters. The number of aromatic nitrogens is 3. The number of nitrogens with zero attached hydrogens (tertiary/aromatic N) is 3. The second-order valence-corrected chi connectivity index (χ2v) is 9.83. The molecule has 204 valence electrons. The van der Waals surface area contributed by atoms with Gasteiger partial charge < -0.3 is 4.74 Å². The van der Waals surface area contributed by atoms with Gasteiger partial charge in [0.1, 0.15) is 0 Å². The Bertz CT molecular complexity index is 1670. The molecule has 0 saturated heterocycles. The molecule has 2 aromatic carbocycles. The molecular formula is C25H18F6N4O3S. The summed E-state index contributed by atoms with van der Waals surface area (Å²) >= 11 is 0. The zero-order valence-corrected chi connectivity index (χ0v) is 20.7. The Morgan fingerprint density at radius 1 is 0.974 bits per heavy atom. The van der Waals surface area contributed by atoms with Gasteiger partial charge in [-0.15, -0.1) is 0 Å². The van der Waals surface area contributed by atoms with E-state index in [2.05, 4.69) is 26.6 Å². The smallest absolute Gasteiger partial charge is 0.383 e. The fourth-order valence-corrected chi connectivity index (χ4v) is 4.53. The van der Waals surface area contributed by atoms with Gasteiger partial charge in [0.15, 0.2) is 11.3 Å². The first-order valence-electron chi connectivity index (χ1n) is 11.0. The normalized spacial score (nSPS) is 12.4. The van der Waals surface area contributed by atoms with E-state index in [9.17, 15) is 34.8 Å². The Balaban J connectivity index is 1.75. The van der Waals surface area contributed by atoms with Crippen molar-refractivity contribution in [2.24, 2.45) is 0 Å². The molecule has 0 spiro atoms. The molecule has 0 amide bonds. The summed E-state index contributed by atoms with van der Waals surface area (Å²) in [5, 5.41) is 3.74. The molecule has 1 N–H and O–H groups in total. The first kappa shape index (κ1) is 28.1. The third-order valence-corrected chi connectivity index (χ3v) is 6.81. The summed E-state index contributed by atoms with van der Waals surface area (Å²) in [6.45, 7) is 0.209. The van der Waals surface area contributed by atoms with Gasteiger partial charge in [0.2, 0.25) is 10.0 Å². The molecule has 0 fully saturated rings. The summed E-state index contributed by atoms with van der Waals surface area (Å²) in [4.78, 5) is 4.10. The largest absolute Gasteiger partial charge is 0.433 e. The highest BCUT2D eigenvalue weighted by molar-refractivity contribution is 7.89. The number of benzene rings is 2. The minimum atomic E-state index is -4.86. The maximum absolute atomic E-state index is 13.8. The molecule has 39 heavy (non-hydrogen) atoms. The molecule has 7 nitrogen and oxygen atoms in total. The van der Waals surface area contributed by atoms with Gasteiger partial charge in [0.05, 0.1) is 34.5 Å². The fraction of sp³-hybridized carbons (Fsp3) is 0.200. The van der Waals surface area contributed by atoms with Crippen molar-refractivity contribution in [3.63, 3.8) is 0 Å². The third kappa shape index (κ3) is 6.39. The van der Waals surface area contributed by atoms with Crippen LogP contribution in [0, 0.1) is 11.8 Å². The van der Waals surface area contributed by atoms with Crippen molar-refractivity contribution in [1.82, 2.24) is 19.3 Å². The number of sulfonamides is 1. The number of nitrogens with one attached hydrogen (secondary N) is 1. The molecule has 0 bridgehead atoms. The first-order valence-corrected chi connectivity index (χ1v) is 12.5. The Morgan fingerprint density at radius 2 is 1.69 bits per heavy atom. The topological polar surface area (TPSA) is 85.6 Å². The molecule has 0 aliphatic heterocycles. The number of halogens is 6. The monoisotopic (exact) mass is 568 g/mol. The van der Waals surface area contributed by atoms with Gasteiger partial charge >= 0.3 is 12.4 Å². The van der Waals surface area contributed by atoms with Gasteiger partial charge in [0, 0.05) is 24.8 Å². The summed E-state index contributed by atoms with van der Waals surface area (Å²) < 4.78 is 113. The number of methoxy groups -OCH3 is 1. The van der Waals surface area contributed by atoms with E-state index < -0.39 is 33.6 Å². The van der Waals surface area contributed by atoms with Crippen molar-refractivity contribution in [3.8, 4) is 23.1 Å². The van der Waals surface area contributed by atoms with E-state index in [-0.39, 0.29) is 46.1 Å². The number of rotatable bonds is 6. The molecule has 4 aromatic rings. The predicted octanol–water partition coefficient (Wildman–Crippen LogP) is 4.76. The van der Waals surface area contributed by atoms with Crippen molar-refractivity contribution >= 4 is 15.7 Å². The van der Waals surface area contributed by atoms with Crippen molar-refractivity contribution in [3.05, 3.63) is 83.2 Å². The fourth-order valence-electron chi connectivity index (χ4n) is 3.47. The summed E-state index contributed by atoms with van der Waals surface area (Å²) in [5.41, 5.74) is -2.42. The molecule has 0 radical (unpaired) electrons. The van der Waals surface area contributed by atoms with Crippen LogP contribution >= 0.6 is 0 Å². The SMILES string of the molecule is COCCNS(=O)(=O)c1cccc(C#Cc2cnn3c(C(F)(F)F)cc(-c4ccc(C(F)(F)F)cc4)nc23)c1. The van der Waals surface area contributed by atoms with Gasteiger partial charge in [-0.25, -0.2) is 22.6 Å². The van der Waals surface area contributed by atoms with Crippen molar-refractivity contribution < 1.29 is 39.5 Å². The Morgan fingerprint density at radius 3 is 2.33 bits per heavy atom. The van der Waals surface area contributed by atoms with E-state index in [0.717, 1.165) is 30.5 Å². The molecule has 0 saturated carbocycles. The number of hydrogen-bond donors (Lipinski definition) is 1. The van der Waals surface area contributed by atoms with Crippen LogP contribution in [-0.4, -0.2) is 43.3 Å². The highest BCUT2D eigenvalue weighted by atomic mass is 32.2. The zero-order valence-electron chi connectivity index (χ0n) is 19.9. The Labute approximate surface area is 218 Å². The second-order valence-electron chi connectivity index (χ2n) is 8.06. The van der Waals surface area contributed by atoms with Crippen molar-refractivity contribution in [2.45, 2.75) is 17.2 Å². The third-order valence-electron chi connectivity index (χ3n) is 5.35. The van der Waals surface area contributed by atoms with Crippen LogP contribution in [0.15, 0.2) is 65.7 Å². The minimum absolute atomic E-state index is 0.0132. The van der Waals surface area contributed by atoms with Crippen molar-refractivity contribution in [1.29, 1.82) is 0 Å². The van der Waals surface area contributed by atoms with Crippen LogP contribution in [-0.2, 0) is 27.1 Å². The van der Waals surface area contributed by atoms with Crippen LogP contribution < -0.4 is 4.72 Å². The summed E-state index contributed by atoms with van der Waals surface area (Å²) in [6, 6.07) is 9.83. The molecule has 0 aliphatic carbocycles. The standard InChI is InChI=1S/C25H18F6N4O3S/c1-38-12-11-33-39(36,37)20-4-2-3-16(13-20)5-6-18-15-32-35-22(25(29,30)31)14-21(34-23(18)35)17-7-9-19(10-8-17)24(26,27)28/h2-4,7-10,13-15,33H,11-12H2,1H3. The lowest BCUT2D eigenvalue weighted by molar-refractivity contribution is -0.142. The van der Waals surface area contributed by atoms with Gasteiger partial charge in [-0.1, -0.05) is 30.0 Å². The summed E-state index contributed by atoms with van der Waals surface area (Å²) in [5.74, 6) is 5.35. The van der Waals surface area contributed by atoms with E-state index in [1.54, 1.807) is 0 Å². The van der Waals surface area contributed by atoms with Gasteiger partial charge in [0.25, 0.3) is 0 Å². The quantitative estimate of drug-likeness (QED) is 0.206. The van der Waals surface area contributed by atoms with E-state index in [1.807, 2.05) is 0 Å². The highest BCUT2D eigenvalue weighted by Gasteiger charge is 2.36. The average Bonchev–Trinajstić information content (AvgIpc) is 3.29. The zero-order chi connectivity index (χ0) is 28.4. The minimum Gasteiger partial charge on any atom is -0.383 e. The van der Waals surface area contributed by atoms with Crippen LogP contribution in [0.5, 0.6) is 0 Å². The lowest BCUT2D eigenvalue weighted by Gasteiger charge is -2.12. The number of hydrogen-bond acceptors (Lipinski definition) is 5. The molecule has 0 aliphatic rings. The maximum atomic E-state index is 13.8. The molecule has 14 heteroatoms. The molecular weight excluding hydrogens is 550 g/mol. The van der Waals surface area contributed by atoms with Crippen LogP contribution in [0.4, 0.5) is 26.3 Å². The first-order chi connectivity index (χ1) is 18.3. The maximum Gasteiger partial charge on any atom is 0.433 e. The molecule has 4 rings (SSSR count). The van der Waals surface area contributed by atoms with Crippen LogP contribution in [0.1, 0.15) is 22.4 Å². The lowest BCUT2D eigenvalue weighted by Crippen LogP contribution is -2.27. The van der Waals surface area contributed by atoms with Gasteiger partial charge in [-0.05, 0) is 36.4 Å². The predicted molar refractivity (Wildman–Crippen MR) is 128 cm³/mol. The number of fused-ring (bicyclic) bond motifs is 1. The number of alkyl halides is 6. The average molecular weight is 568 g/mol. The second kappa shape index (κ2) is 10.7. The molecule has 2 aromatic heterocycles. The van der Waals surface area contributed by atoms with E-state index in [1.165, 1.54) is 31.4 Å².